The molecule has 3 heterocycles. The van der Waals surface area contributed by atoms with Crippen LogP contribution in [0.3, 0.4) is 0 Å². The van der Waals surface area contributed by atoms with E-state index in [4.69, 9.17) is 0 Å². The van der Waals surface area contributed by atoms with Crippen molar-refractivity contribution in [1.82, 2.24) is 14.8 Å². The van der Waals surface area contributed by atoms with Crippen LogP contribution in [0.4, 0.5) is 4.39 Å². The summed E-state index contributed by atoms with van der Waals surface area (Å²) in [7, 11) is 0. The van der Waals surface area contributed by atoms with E-state index in [1.54, 1.807) is 24.4 Å². The average Bonchev–Trinajstić information content (AvgIpc) is 3.21. The van der Waals surface area contributed by atoms with Crippen LogP contribution in [0.1, 0.15) is 37.7 Å². The number of piperidine rings is 1. The Morgan fingerprint density at radius 3 is 2.65 bits per heavy atom. The smallest absolute Gasteiger partial charge is 0.222 e. The first kappa shape index (κ1) is 17.4. The molecule has 0 saturated carbocycles. The van der Waals surface area contributed by atoms with Crippen LogP contribution in [0.25, 0.3) is 10.9 Å². The van der Waals surface area contributed by atoms with Gasteiger partial charge in [0.1, 0.15) is 5.82 Å². The number of benzene rings is 1. The molecule has 2 saturated heterocycles. The molecule has 26 heavy (non-hydrogen) atoms. The molecule has 138 valence electrons. The van der Waals surface area contributed by atoms with Crippen molar-refractivity contribution in [3.63, 3.8) is 0 Å². The van der Waals surface area contributed by atoms with Gasteiger partial charge in [0.2, 0.25) is 5.91 Å². The molecule has 1 aromatic carbocycles. The minimum Gasteiger partial charge on any atom is -0.343 e. The van der Waals surface area contributed by atoms with E-state index < -0.39 is 0 Å². The summed E-state index contributed by atoms with van der Waals surface area (Å²) in [4.78, 5) is 21.2. The first-order valence-electron chi connectivity index (χ1n) is 9.73. The normalized spacial score (nSPS) is 19.3. The summed E-state index contributed by atoms with van der Waals surface area (Å²) in [6.07, 6.45) is 6.86. The lowest BCUT2D eigenvalue weighted by Crippen LogP contribution is -2.36. The Balaban J connectivity index is 1.34. The van der Waals surface area contributed by atoms with Gasteiger partial charge in [-0.3, -0.25) is 14.7 Å². The molecule has 0 aliphatic carbocycles. The van der Waals surface area contributed by atoms with E-state index in [-0.39, 0.29) is 5.82 Å². The summed E-state index contributed by atoms with van der Waals surface area (Å²) < 4.78 is 14.0. The number of amides is 1. The number of rotatable bonds is 4. The zero-order chi connectivity index (χ0) is 17.9. The number of carbonyl (C=O) groups excluding carboxylic acids is 1. The number of carbonyl (C=O) groups is 1. The fraction of sp³-hybridized carbons (Fsp3) is 0.524. The molecule has 0 spiro atoms. The fourth-order valence-electron chi connectivity index (χ4n) is 4.26. The van der Waals surface area contributed by atoms with Crippen molar-refractivity contribution >= 4 is 16.8 Å². The molecule has 4 nitrogen and oxygen atoms in total. The highest BCUT2D eigenvalue weighted by Gasteiger charge is 2.25. The van der Waals surface area contributed by atoms with E-state index in [2.05, 4.69) is 9.88 Å². The summed E-state index contributed by atoms with van der Waals surface area (Å²) in [6.45, 7) is 4.67. The molecule has 0 N–H and O–H groups in total. The maximum absolute atomic E-state index is 14.0. The zero-order valence-corrected chi connectivity index (χ0v) is 15.2. The third-order valence-corrected chi connectivity index (χ3v) is 5.82. The van der Waals surface area contributed by atoms with Crippen molar-refractivity contribution in [3.05, 3.63) is 41.8 Å². The van der Waals surface area contributed by atoms with E-state index >= 15 is 0 Å². The van der Waals surface area contributed by atoms with Crippen LogP contribution < -0.4 is 0 Å². The second kappa shape index (κ2) is 7.70. The number of hydrogen-bond donors (Lipinski definition) is 0. The number of nitrogens with zero attached hydrogens (tertiary/aromatic N) is 3. The van der Waals surface area contributed by atoms with Crippen LogP contribution in [0, 0.1) is 11.7 Å². The predicted octanol–water partition coefficient (Wildman–Crippen LogP) is 3.60. The van der Waals surface area contributed by atoms with Crippen LogP contribution in [0.15, 0.2) is 30.5 Å². The number of halogens is 1. The van der Waals surface area contributed by atoms with Gasteiger partial charge in [-0.15, -0.1) is 0 Å². The van der Waals surface area contributed by atoms with Crippen LogP contribution in [-0.2, 0) is 11.3 Å². The molecule has 4 rings (SSSR count). The Bertz CT molecular complexity index is 780. The van der Waals surface area contributed by atoms with Gasteiger partial charge < -0.3 is 4.90 Å². The monoisotopic (exact) mass is 355 g/mol. The van der Waals surface area contributed by atoms with Crippen molar-refractivity contribution in [2.45, 2.75) is 38.6 Å². The van der Waals surface area contributed by atoms with Crippen molar-refractivity contribution in [1.29, 1.82) is 0 Å². The molecule has 1 aromatic heterocycles. The standard InChI is InChI=1S/C21H26FN3O/c22-19-6-5-17(21-18(19)4-3-9-23-21)15-24-12-7-16(8-13-24)14-20(26)25-10-1-2-11-25/h3-6,9,16H,1-2,7-8,10-15H2. The summed E-state index contributed by atoms with van der Waals surface area (Å²) in [6, 6.07) is 6.96. The summed E-state index contributed by atoms with van der Waals surface area (Å²) in [5, 5.41) is 0.594. The topological polar surface area (TPSA) is 36.4 Å². The molecular formula is C21H26FN3O. The minimum atomic E-state index is -0.212. The lowest BCUT2D eigenvalue weighted by molar-refractivity contribution is -0.131. The number of pyridine rings is 1. The van der Waals surface area contributed by atoms with E-state index in [1.165, 1.54) is 0 Å². The maximum atomic E-state index is 14.0. The second-order valence-corrected chi connectivity index (χ2v) is 7.62. The lowest BCUT2D eigenvalue weighted by atomic mass is 9.92. The quantitative estimate of drug-likeness (QED) is 0.841. The van der Waals surface area contributed by atoms with Gasteiger partial charge in [0, 0.05) is 37.6 Å². The summed E-state index contributed by atoms with van der Waals surface area (Å²) in [5.74, 6) is 0.632. The molecular weight excluding hydrogens is 329 g/mol. The van der Waals surface area contributed by atoms with Gasteiger partial charge in [-0.2, -0.15) is 0 Å². The van der Waals surface area contributed by atoms with Gasteiger partial charge in [0.25, 0.3) is 0 Å². The van der Waals surface area contributed by atoms with Gasteiger partial charge in [-0.05, 0) is 68.5 Å². The van der Waals surface area contributed by atoms with E-state index in [0.29, 0.717) is 23.6 Å². The SMILES string of the molecule is O=C(CC1CCN(Cc2ccc(F)c3cccnc23)CC1)N1CCCC1. The highest BCUT2D eigenvalue weighted by atomic mass is 19.1. The average molecular weight is 355 g/mol. The molecule has 5 heteroatoms. The van der Waals surface area contributed by atoms with Crippen LogP contribution >= 0.6 is 0 Å². The van der Waals surface area contributed by atoms with Crippen LogP contribution in [0.5, 0.6) is 0 Å². The Morgan fingerprint density at radius 2 is 1.88 bits per heavy atom. The van der Waals surface area contributed by atoms with E-state index in [0.717, 1.165) is 69.5 Å². The van der Waals surface area contributed by atoms with Crippen molar-refractivity contribution in [2.24, 2.45) is 5.92 Å². The van der Waals surface area contributed by atoms with Crippen LogP contribution in [0.2, 0.25) is 0 Å². The van der Waals surface area contributed by atoms with Crippen molar-refractivity contribution in [2.75, 3.05) is 26.2 Å². The molecule has 1 amide bonds. The number of aromatic nitrogens is 1. The molecule has 0 unspecified atom stereocenters. The maximum Gasteiger partial charge on any atom is 0.222 e. The third kappa shape index (κ3) is 3.73. The zero-order valence-electron chi connectivity index (χ0n) is 15.2. The summed E-state index contributed by atoms with van der Waals surface area (Å²) >= 11 is 0. The molecule has 2 aromatic rings. The summed E-state index contributed by atoms with van der Waals surface area (Å²) in [5.41, 5.74) is 1.84. The Hall–Kier alpha value is -2.01. The van der Waals surface area contributed by atoms with Gasteiger partial charge in [0.05, 0.1) is 5.52 Å². The number of likely N-dealkylation sites (tertiary alicyclic amines) is 2. The van der Waals surface area contributed by atoms with Crippen molar-refractivity contribution < 1.29 is 9.18 Å². The molecule has 0 radical (unpaired) electrons. The van der Waals surface area contributed by atoms with Crippen LogP contribution in [-0.4, -0.2) is 46.9 Å². The fourth-order valence-corrected chi connectivity index (χ4v) is 4.26. The highest BCUT2D eigenvalue weighted by Crippen LogP contribution is 2.26. The third-order valence-electron chi connectivity index (χ3n) is 5.82. The van der Waals surface area contributed by atoms with Gasteiger partial charge >= 0.3 is 0 Å². The second-order valence-electron chi connectivity index (χ2n) is 7.62. The number of hydrogen-bond acceptors (Lipinski definition) is 3. The minimum absolute atomic E-state index is 0.212. The molecule has 2 aliphatic rings. The molecule has 0 atom stereocenters. The van der Waals surface area contributed by atoms with Gasteiger partial charge in [-0.1, -0.05) is 6.07 Å². The number of fused-ring (bicyclic) bond motifs is 1. The Kier molecular flexibility index (Phi) is 5.16. The Labute approximate surface area is 154 Å². The van der Waals surface area contributed by atoms with Crippen molar-refractivity contribution in [3.8, 4) is 0 Å². The Morgan fingerprint density at radius 1 is 1.12 bits per heavy atom. The van der Waals surface area contributed by atoms with E-state index in [1.807, 2.05) is 11.0 Å². The highest BCUT2D eigenvalue weighted by molar-refractivity contribution is 5.82. The van der Waals surface area contributed by atoms with Gasteiger partial charge in [0.15, 0.2) is 0 Å². The lowest BCUT2D eigenvalue weighted by Gasteiger charge is -2.32. The molecule has 2 aliphatic heterocycles. The van der Waals surface area contributed by atoms with Gasteiger partial charge in [-0.25, -0.2) is 4.39 Å². The first-order chi connectivity index (χ1) is 12.7. The van der Waals surface area contributed by atoms with E-state index in [9.17, 15) is 9.18 Å². The molecule has 2 fully saturated rings. The first-order valence-corrected chi connectivity index (χ1v) is 9.73. The molecule has 0 bridgehead atoms. The largest absolute Gasteiger partial charge is 0.343 e. The predicted molar refractivity (Wildman–Crippen MR) is 100 cm³/mol.